The van der Waals surface area contributed by atoms with Gasteiger partial charge in [-0.25, -0.2) is 19.6 Å². The first-order valence-electron chi connectivity index (χ1n) is 10.7. The van der Waals surface area contributed by atoms with E-state index in [1.807, 2.05) is 66.4 Å². The monoisotopic (exact) mass is 486 g/mol. The maximum absolute atomic E-state index is 12.5. The van der Waals surface area contributed by atoms with Gasteiger partial charge in [0, 0.05) is 18.1 Å². The van der Waals surface area contributed by atoms with Gasteiger partial charge in [-0.15, -0.1) is 11.3 Å². The first kappa shape index (κ1) is 22.2. The van der Waals surface area contributed by atoms with E-state index in [4.69, 9.17) is 4.98 Å². The molecule has 0 atom stereocenters. The number of nitrogens with zero attached hydrogens (tertiary/aromatic N) is 6. The van der Waals surface area contributed by atoms with Crippen molar-refractivity contribution < 1.29 is 4.79 Å². The lowest BCUT2D eigenvalue weighted by molar-refractivity contribution is -0.115. The summed E-state index contributed by atoms with van der Waals surface area (Å²) in [5, 5.41) is 8.92. The van der Waals surface area contributed by atoms with E-state index in [-0.39, 0.29) is 5.91 Å². The molecule has 0 spiro atoms. The Morgan fingerprint density at radius 3 is 2.71 bits per heavy atom. The predicted molar refractivity (Wildman–Crippen MR) is 137 cm³/mol. The van der Waals surface area contributed by atoms with Gasteiger partial charge in [0.15, 0.2) is 10.8 Å². The van der Waals surface area contributed by atoms with Crippen LogP contribution in [0.15, 0.2) is 71.5 Å². The molecule has 0 aliphatic carbocycles. The number of benzene rings is 2. The lowest BCUT2D eigenvalue weighted by Crippen LogP contribution is -2.23. The highest BCUT2D eigenvalue weighted by Gasteiger charge is 2.20. The third kappa shape index (κ3) is 4.32. The minimum absolute atomic E-state index is 0.0636. The van der Waals surface area contributed by atoms with Crippen molar-refractivity contribution in [2.45, 2.75) is 31.6 Å². The summed E-state index contributed by atoms with van der Waals surface area (Å²) in [5.41, 5.74) is 5.67. The molecule has 5 aromatic rings. The molecule has 5 rings (SSSR count). The number of thiazole rings is 1. The zero-order valence-corrected chi connectivity index (χ0v) is 20.6. The van der Waals surface area contributed by atoms with Gasteiger partial charge in [0.1, 0.15) is 11.4 Å². The molecule has 3 aromatic heterocycles. The average molecular weight is 487 g/mol. The molecule has 0 aliphatic heterocycles. The molecule has 9 heteroatoms. The fraction of sp³-hybridized carbons (Fsp3) is 0.160. The molecule has 0 aliphatic rings. The molecule has 0 N–H and O–H groups in total. The third-order valence-electron chi connectivity index (χ3n) is 5.33. The van der Waals surface area contributed by atoms with Gasteiger partial charge in [0.2, 0.25) is 5.91 Å². The van der Waals surface area contributed by atoms with Gasteiger partial charge in [0.05, 0.1) is 28.7 Å². The molecule has 34 heavy (non-hydrogen) atoms. The Morgan fingerprint density at radius 2 is 1.94 bits per heavy atom. The van der Waals surface area contributed by atoms with E-state index in [2.05, 4.69) is 21.1 Å². The molecule has 170 valence electrons. The number of anilines is 2. The Bertz CT molecular complexity index is 1480. The van der Waals surface area contributed by atoms with Crippen molar-refractivity contribution in [1.82, 2.24) is 24.7 Å². The number of hydrogen-bond acceptors (Lipinski definition) is 7. The quantitative estimate of drug-likeness (QED) is 0.221. The van der Waals surface area contributed by atoms with Crippen LogP contribution in [0.3, 0.4) is 0 Å². The van der Waals surface area contributed by atoms with Gasteiger partial charge in [-0.3, -0.25) is 9.69 Å². The maximum Gasteiger partial charge on any atom is 0.230 e. The van der Waals surface area contributed by atoms with E-state index < -0.39 is 0 Å². The summed E-state index contributed by atoms with van der Waals surface area (Å²) in [6.45, 7) is 5.62. The normalized spacial score (nSPS) is 11.1. The van der Waals surface area contributed by atoms with Crippen LogP contribution in [0.2, 0.25) is 0 Å². The molecule has 3 heterocycles. The number of thioether (sulfide) groups is 1. The average Bonchev–Trinajstić information content (AvgIpc) is 3.47. The molecular formula is C25H22N6OS2. The van der Waals surface area contributed by atoms with Crippen LogP contribution in [0.4, 0.5) is 10.8 Å². The van der Waals surface area contributed by atoms with E-state index in [0.717, 1.165) is 44.3 Å². The van der Waals surface area contributed by atoms with Crippen molar-refractivity contribution in [3.63, 3.8) is 0 Å². The van der Waals surface area contributed by atoms with Crippen LogP contribution in [0.1, 0.15) is 23.7 Å². The van der Waals surface area contributed by atoms with Crippen LogP contribution in [0.5, 0.6) is 0 Å². The van der Waals surface area contributed by atoms with Gasteiger partial charge in [-0.2, -0.15) is 5.10 Å². The van der Waals surface area contributed by atoms with E-state index >= 15 is 0 Å². The third-order valence-corrected chi connectivity index (χ3v) is 7.24. The summed E-state index contributed by atoms with van der Waals surface area (Å²) < 4.78 is 1.82. The second-order valence-corrected chi connectivity index (χ2v) is 9.66. The Morgan fingerprint density at radius 1 is 1.12 bits per heavy atom. The highest BCUT2D eigenvalue weighted by Crippen LogP contribution is 2.34. The minimum atomic E-state index is -0.0636. The minimum Gasteiger partial charge on any atom is -0.274 e. The van der Waals surface area contributed by atoms with Crippen molar-refractivity contribution in [3.05, 3.63) is 83.3 Å². The molecule has 7 nitrogen and oxygen atoms in total. The Hall–Kier alpha value is -3.56. The number of aromatic nitrogens is 5. The van der Waals surface area contributed by atoms with E-state index in [0.29, 0.717) is 10.9 Å². The molecule has 2 aromatic carbocycles. The van der Waals surface area contributed by atoms with Crippen molar-refractivity contribution in [2.75, 3.05) is 4.90 Å². The first-order valence-corrected chi connectivity index (χ1v) is 12.6. The van der Waals surface area contributed by atoms with E-state index in [1.54, 1.807) is 36.1 Å². The van der Waals surface area contributed by atoms with Crippen molar-refractivity contribution >= 4 is 50.9 Å². The molecule has 0 unspecified atom stereocenters. The second-order valence-electron chi connectivity index (χ2n) is 7.86. The Kier molecular flexibility index (Phi) is 6.12. The number of hydrogen-bond donors (Lipinski definition) is 0. The zero-order valence-electron chi connectivity index (χ0n) is 19.0. The van der Waals surface area contributed by atoms with E-state index in [1.165, 1.54) is 11.3 Å². The van der Waals surface area contributed by atoms with Crippen molar-refractivity contribution in [3.8, 4) is 5.69 Å². The van der Waals surface area contributed by atoms with Crippen LogP contribution in [0.25, 0.3) is 16.7 Å². The van der Waals surface area contributed by atoms with E-state index in [9.17, 15) is 4.79 Å². The van der Waals surface area contributed by atoms with Crippen LogP contribution < -0.4 is 4.90 Å². The number of carbonyl (C=O) groups excluding carboxylic acids is 1. The molecule has 1 amide bonds. The fourth-order valence-electron chi connectivity index (χ4n) is 3.77. The number of aryl methyl sites for hydroxylation is 2. The molecule has 0 saturated heterocycles. The molecule has 0 fully saturated rings. The van der Waals surface area contributed by atoms with Crippen LogP contribution in [0, 0.1) is 13.8 Å². The van der Waals surface area contributed by atoms with Crippen LogP contribution in [-0.4, -0.2) is 30.6 Å². The summed E-state index contributed by atoms with van der Waals surface area (Å²) in [7, 11) is 0. The van der Waals surface area contributed by atoms with Gasteiger partial charge in [0.25, 0.3) is 0 Å². The number of fused-ring (bicyclic) bond motifs is 1. The largest absolute Gasteiger partial charge is 0.274 e. The summed E-state index contributed by atoms with van der Waals surface area (Å²) in [4.78, 5) is 27.9. The zero-order chi connectivity index (χ0) is 23.7. The van der Waals surface area contributed by atoms with Gasteiger partial charge < -0.3 is 0 Å². The summed E-state index contributed by atoms with van der Waals surface area (Å²) >= 11 is 3.05. The fourth-order valence-corrected chi connectivity index (χ4v) is 5.61. The number of carbonyl (C=O) groups is 1. The summed E-state index contributed by atoms with van der Waals surface area (Å²) in [5.74, 6) is 0.559. The Balaban J connectivity index is 1.38. The van der Waals surface area contributed by atoms with Crippen molar-refractivity contribution in [2.24, 2.45) is 0 Å². The lowest BCUT2D eigenvalue weighted by Gasteiger charge is -2.20. The van der Waals surface area contributed by atoms with Gasteiger partial charge >= 0.3 is 0 Å². The topological polar surface area (TPSA) is 76.8 Å². The molecular weight excluding hydrogens is 464 g/mol. The smallest absolute Gasteiger partial charge is 0.230 e. The predicted octanol–water partition coefficient (Wildman–Crippen LogP) is 5.87. The van der Waals surface area contributed by atoms with Gasteiger partial charge in [-0.05, 0) is 37.6 Å². The Labute approximate surface area is 205 Å². The maximum atomic E-state index is 12.5. The number of para-hydroxylation sites is 1. The lowest BCUT2D eigenvalue weighted by atomic mass is 10.1. The number of amides is 1. The van der Waals surface area contributed by atoms with Crippen LogP contribution >= 0.6 is 23.1 Å². The highest BCUT2D eigenvalue weighted by molar-refractivity contribution is 7.98. The number of rotatable bonds is 6. The van der Waals surface area contributed by atoms with Gasteiger partial charge in [-0.1, -0.05) is 47.7 Å². The SMILES string of the molecule is CC(=O)N(c1nc(CSc2ncnc3c2cnn3-c2ccccc2)cs1)c1ccc(C)cc1C. The summed E-state index contributed by atoms with van der Waals surface area (Å²) in [6.07, 6.45) is 3.37. The standard InChI is InChI=1S/C25H22N6OS2/c1-16-9-10-22(17(2)11-16)30(18(3)32)25-29-19(14-34-25)13-33-24-21-12-28-31(23(21)26-15-27-24)20-7-5-4-6-8-20/h4-12,14-15H,13H2,1-3H3. The summed E-state index contributed by atoms with van der Waals surface area (Å²) in [6, 6.07) is 16.0. The molecule has 0 radical (unpaired) electrons. The second kappa shape index (κ2) is 9.36. The molecule has 0 bridgehead atoms. The van der Waals surface area contributed by atoms with Crippen LogP contribution in [-0.2, 0) is 10.5 Å². The first-order chi connectivity index (χ1) is 16.5. The molecule has 0 saturated carbocycles. The van der Waals surface area contributed by atoms with Crippen molar-refractivity contribution in [1.29, 1.82) is 0 Å². The highest BCUT2D eigenvalue weighted by atomic mass is 32.2.